The molecule has 7 nitrogen and oxygen atoms in total. The first-order valence-electron chi connectivity index (χ1n) is 9.54. The van der Waals surface area contributed by atoms with Crippen LogP contribution in [0.25, 0.3) is 28.1 Å². The van der Waals surface area contributed by atoms with Crippen LogP contribution in [0.15, 0.2) is 53.1 Å². The molecule has 4 rings (SSSR count). The van der Waals surface area contributed by atoms with Gasteiger partial charge in [-0.25, -0.2) is 9.50 Å². The van der Waals surface area contributed by atoms with Crippen LogP contribution in [0.1, 0.15) is 20.3 Å². The van der Waals surface area contributed by atoms with Crippen molar-refractivity contribution in [3.05, 3.63) is 48.7 Å². The van der Waals surface area contributed by atoms with Crippen molar-refractivity contribution in [1.82, 2.24) is 19.5 Å². The molecule has 0 aliphatic heterocycles. The quantitative estimate of drug-likeness (QED) is 0.530. The normalized spacial score (nSPS) is 11.5. The molecule has 0 unspecified atom stereocenters. The van der Waals surface area contributed by atoms with Crippen molar-refractivity contribution in [2.75, 3.05) is 25.0 Å². The molecule has 1 aromatic carbocycles. The van der Waals surface area contributed by atoms with Gasteiger partial charge in [0.2, 0.25) is 5.91 Å². The standard InChI is InChI=1S/C21H23N5O2/c1-3-25(4-2)12-11-21(27)23-19-9-10-20-22-14-16(26(20)24-19)18-13-15-7-5-6-8-17(15)28-18/h5-10,13-14H,3-4,11-12H2,1-2H3,(H,23,24,27). The maximum absolute atomic E-state index is 12.3. The van der Waals surface area contributed by atoms with Crippen LogP contribution in [-0.2, 0) is 4.79 Å². The van der Waals surface area contributed by atoms with E-state index in [1.807, 2.05) is 36.4 Å². The van der Waals surface area contributed by atoms with Gasteiger partial charge in [-0.2, -0.15) is 0 Å². The van der Waals surface area contributed by atoms with E-state index in [0.717, 1.165) is 36.3 Å². The lowest BCUT2D eigenvalue weighted by Crippen LogP contribution is -2.27. The molecule has 0 saturated heterocycles. The molecular formula is C21H23N5O2. The highest BCUT2D eigenvalue weighted by Gasteiger charge is 2.13. The van der Waals surface area contributed by atoms with E-state index in [0.29, 0.717) is 23.6 Å². The van der Waals surface area contributed by atoms with Crippen molar-refractivity contribution in [3.8, 4) is 11.5 Å². The van der Waals surface area contributed by atoms with Gasteiger partial charge in [-0.1, -0.05) is 32.0 Å². The van der Waals surface area contributed by atoms with Gasteiger partial charge in [0.25, 0.3) is 0 Å². The molecular weight excluding hydrogens is 354 g/mol. The van der Waals surface area contributed by atoms with Gasteiger partial charge >= 0.3 is 0 Å². The number of benzene rings is 1. The molecule has 3 heterocycles. The first-order valence-corrected chi connectivity index (χ1v) is 9.54. The Bertz CT molecular complexity index is 1080. The fourth-order valence-corrected chi connectivity index (χ4v) is 3.22. The molecule has 0 saturated carbocycles. The number of furan rings is 1. The van der Waals surface area contributed by atoms with Gasteiger partial charge in [-0.05, 0) is 37.4 Å². The van der Waals surface area contributed by atoms with E-state index < -0.39 is 0 Å². The Morgan fingerprint density at radius 2 is 2.00 bits per heavy atom. The lowest BCUT2D eigenvalue weighted by atomic mass is 10.2. The first kappa shape index (κ1) is 18.2. The van der Waals surface area contributed by atoms with E-state index in [1.54, 1.807) is 16.8 Å². The van der Waals surface area contributed by atoms with Crippen molar-refractivity contribution in [3.63, 3.8) is 0 Å². The largest absolute Gasteiger partial charge is 0.454 e. The van der Waals surface area contributed by atoms with Crippen LogP contribution in [-0.4, -0.2) is 45.0 Å². The number of nitrogens with zero attached hydrogens (tertiary/aromatic N) is 4. The number of nitrogens with one attached hydrogen (secondary N) is 1. The summed E-state index contributed by atoms with van der Waals surface area (Å²) < 4.78 is 7.63. The smallest absolute Gasteiger partial charge is 0.226 e. The van der Waals surface area contributed by atoms with Crippen molar-refractivity contribution < 1.29 is 9.21 Å². The van der Waals surface area contributed by atoms with Gasteiger partial charge in [0.05, 0.1) is 6.20 Å². The minimum Gasteiger partial charge on any atom is -0.454 e. The average molecular weight is 377 g/mol. The monoisotopic (exact) mass is 377 g/mol. The minimum atomic E-state index is -0.0517. The number of fused-ring (bicyclic) bond motifs is 2. The number of aromatic nitrogens is 3. The second kappa shape index (κ2) is 7.82. The van der Waals surface area contributed by atoms with Crippen LogP contribution < -0.4 is 5.32 Å². The zero-order valence-electron chi connectivity index (χ0n) is 16.1. The molecule has 28 heavy (non-hydrogen) atoms. The van der Waals surface area contributed by atoms with Crippen LogP contribution in [0.3, 0.4) is 0 Å². The van der Waals surface area contributed by atoms with Crippen LogP contribution in [0.4, 0.5) is 5.82 Å². The SMILES string of the molecule is CCN(CC)CCC(=O)Nc1ccc2ncc(-c3cc4ccccc4o3)n2n1. The average Bonchev–Trinajstić information content (AvgIpc) is 3.32. The lowest BCUT2D eigenvalue weighted by Gasteiger charge is -2.17. The van der Waals surface area contributed by atoms with E-state index in [9.17, 15) is 4.79 Å². The predicted molar refractivity (Wildman–Crippen MR) is 109 cm³/mol. The van der Waals surface area contributed by atoms with E-state index in [1.165, 1.54) is 0 Å². The summed E-state index contributed by atoms with van der Waals surface area (Å²) in [7, 11) is 0. The fraction of sp³-hybridized carbons (Fsp3) is 0.286. The summed E-state index contributed by atoms with van der Waals surface area (Å²) in [5.41, 5.74) is 2.25. The third kappa shape index (κ3) is 3.61. The summed E-state index contributed by atoms with van der Waals surface area (Å²) in [5.74, 6) is 1.13. The summed E-state index contributed by atoms with van der Waals surface area (Å²) >= 11 is 0. The number of carbonyl (C=O) groups is 1. The van der Waals surface area contributed by atoms with Crippen LogP contribution in [0.2, 0.25) is 0 Å². The molecule has 7 heteroatoms. The van der Waals surface area contributed by atoms with Gasteiger partial charge < -0.3 is 14.6 Å². The molecule has 0 bridgehead atoms. The highest BCUT2D eigenvalue weighted by molar-refractivity contribution is 5.90. The Morgan fingerprint density at radius 1 is 1.18 bits per heavy atom. The van der Waals surface area contributed by atoms with Gasteiger partial charge in [0.1, 0.15) is 11.3 Å². The third-order valence-electron chi connectivity index (χ3n) is 4.86. The number of anilines is 1. The zero-order valence-corrected chi connectivity index (χ0v) is 16.1. The second-order valence-electron chi connectivity index (χ2n) is 6.61. The number of amides is 1. The topological polar surface area (TPSA) is 75.7 Å². The molecule has 1 N–H and O–H groups in total. The summed E-state index contributed by atoms with van der Waals surface area (Å²) in [6.45, 7) is 6.79. The lowest BCUT2D eigenvalue weighted by molar-refractivity contribution is -0.116. The maximum Gasteiger partial charge on any atom is 0.226 e. The van der Waals surface area contributed by atoms with E-state index in [4.69, 9.17) is 4.42 Å². The van der Waals surface area contributed by atoms with E-state index in [-0.39, 0.29) is 5.91 Å². The number of para-hydroxylation sites is 1. The summed E-state index contributed by atoms with van der Waals surface area (Å²) in [5, 5.41) is 8.44. The van der Waals surface area contributed by atoms with Crippen molar-refractivity contribution in [2.45, 2.75) is 20.3 Å². The number of carbonyl (C=O) groups excluding carboxylic acids is 1. The van der Waals surface area contributed by atoms with E-state index >= 15 is 0 Å². The Hall–Kier alpha value is -3.19. The number of hydrogen-bond donors (Lipinski definition) is 1. The van der Waals surface area contributed by atoms with Crippen molar-refractivity contribution in [2.24, 2.45) is 0 Å². The van der Waals surface area contributed by atoms with Crippen molar-refractivity contribution in [1.29, 1.82) is 0 Å². The Labute approximate surface area is 163 Å². The van der Waals surface area contributed by atoms with Gasteiger partial charge in [-0.15, -0.1) is 5.10 Å². The molecule has 0 spiro atoms. The summed E-state index contributed by atoms with van der Waals surface area (Å²) in [6, 6.07) is 13.4. The van der Waals surface area contributed by atoms with Gasteiger partial charge in [0, 0.05) is 18.4 Å². The molecule has 0 aliphatic carbocycles. The highest BCUT2D eigenvalue weighted by Crippen LogP contribution is 2.28. The molecule has 4 aromatic rings. The number of imidazole rings is 1. The van der Waals surface area contributed by atoms with Crippen molar-refractivity contribution >= 4 is 28.3 Å². The molecule has 0 radical (unpaired) electrons. The Morgan fingerprint density at radius 3 is 2.79 bits per heavy atom. The molecule has 1 amide bonds. The highest BCUT2D eigenvalue weighted by atomic mass is 16.3. The minimum absolute atomic E-state index is 0.0517. The summed E-state index contributed by atoms with van der Waals surface area (Å²) in [4.78, 5) is 18.9. The third-order valence-corrected chi connectivity index (χ3v) is 4.86. The fourth-order valence-electron chi connectivity index (χ4n) is 3.22. The maximum atomic E-state index is 12.3. The molecule has 144 valence electrons. The number of rotatable bonds is 7. The predicted octanol–water partition coefficient (Wildman–Crippen LogP) is 3.81. The number of hydrogen-bond acceptors (Lipinski definition) is 5. The van der Waals surface area contributed by atoms with E-state index in [2.05, 4.69) is 34.1 Å². The molecule has 0 fully saturated rings. The zero-order chi connectivity index (χ0) is 19.5. The van der Waals surface area contributed by atoms with Crippen LogP contribution in [0, 0.1) is 0 Å². The second-order valence-corrected chi connectivity index (χ2v) is 6.61. The molecule has 0 atom stereocenters. The Kier molecular flexibility index (Phi) is 5.08. The molecule has 3 aromatic heterocycles. The van der Waals surface area contributed by atoms with Crippen LogP contribution in [0.5, 0.6) is 0 Å². The molecule has 0 aliphatic rings. The van der Waals surface area contributed by atoms with Gasteiger partial charge in [0.15, 0.2) is 17.2 Å². The summed E-state index contributed by atoms with van der Waals surface area (Å²) in [6.07, 6.45) is 2.16. The van der Waals surface area contributed by atoms with Gasteiger partial charge in [-0.3, -0.25) is 4.79 Å². The first-order chi connectivity index (χ1) is 13.7. The van der Waals surface area contributed by atoms with Crippen LogP contribution >= 0.6 is 0 Å². The Balaban J connectivity index is 1.57.